The van der Waals surface area contributed by atoms with Gasteiger partial charge in [0.25, 0.3) is 0 Å². The van der Waals surface area contributed by atoms with Gasteiger partial charge in [-0.15, -0.1) is 0 Å². The third kappa shape index (κ3) is 4.06. The Kier molecular flexibility index (Phi) is 4.94. The molecule has 0 aliphatic rings. The van der Waals surface area contributed by atoms with Gasteiger partial charge in [-0.05, 0) is 11.6 Å². The van der Waals surface area contributed by atoms with E-state index in [4.69, 9.17) is 4.74 Å². The van der Waals surface area contributed by atoms with Crippen molar-refractivity contribution in [3.05, 3.63) is 53.9 Å². The Labute approximate surface area is 123 Å². The molecule has 0 radical (unpaired) electrons. The largest absolute Gasteiger partial charge is 0.445 e. The monoisotopic (exact) mass is 289 g/mol. The maximum Gasteiger partial charge on any atom is 0.409 e. The van der Waals surface area contributed by atoms with Crippen molar-refractivity contribution >= 4 is 6.09 Å². The van der Waals surface area contributed by atoms with Crippen LogP contribution in [0.3, 0.4) is 0 Å². The van der Waals surface area contributed by atoms with Gasteiger partial charge in [-0.1, -0.05) is 30.3 Å². The Morgan fingerprint density at radius 2 is 2.10 bits per heavy atom. The van der Waals surface area contributed by atoms with E-state index in [1.165, 1.54) is 4.90 Å². The molecule has 0 saturated carbocycles. The molecule has 0 saturated heterocycles. The number of aromatic nitrogens is 2. The third-order valence-electron chi connectivity index (χ3n) is 3.16. The number of aryl methyl sites for hydroxylation is 1. The van der Waals surface area contributed by atoms with E-state index in [1.54, 1.807) is 31.0 Å². The molecule has 6 heteroatoms. The fraction of sp³-hybridized carbons (Fsp3) is 0.333. The summed E-state index contributed by atoms with van der Waals surface area (Å²) in [4.78, 5) is 13.2. The van der Waals surface area contributed by atoms with Gasteiger partial charge in [0.1, 0.15) is 12.7 Å². The highest BCUT2D eigenvalue weighted by Crippen LogP contribution is 2.13. The molecule has 2 aromatic rings. The van der Waals surface area contributed by atoms with Crippen molar-refractivity contribution in [3.8, 4) is 0 Å². The smallest absolute Gasteiger partial charge is 0.409 e. The molecule has 0 aliphatic heterocycles. The Hall–Kier alpha value is -2.34. The van der Waals surface area contributed by atoms with E-state index < -0.39 is 12.2 Å². The number of hydrogen-bond acceptors (Lipinski definition) is 4. The van der Waals surface area contributed by atoms with E-state index in [1.807, 2.05) is 30.3 Å². The maximum absolute atomic E-state index is 11.9. The van der Waals surface area contributed by atoms with Gasteiger partial charge in [0.2, 0.25) is 0 Å². The van der Waals surface area contributed by atoms with Crippen LogP contribution in [0.15, 0.2) is 42.6 Å². The summed E-state index contributed by atoms with van der Waals surface area (Å²) in [6.45, 7) is 0.360. The molecule has 0 spiro atoms. The Bertz CT molecular complexity index is 583. The Morgan fingerprint density at radius 3 is 2.71 bits per heavy atom. The van der Waals surface area contributed by atoms with Crippen LogP contribution in [0, 0.1) is 0 Å². The number of amides is 1. The second-order valence-electron chi connectivity index (χ2n) is 4.82. The molecule has 112 valence electrons. The fourth-order valence-corrected chi connectivity index (χ4v) is 1.97. The summed E-state index contributed by atoms with van der Waals surface area (Å²) in [7, 11) is 3.33. The van der Waals surface area contributed by atoms with Crippen LogP contribution in [0.1, 0.15) is 17.4 Å². The minimum atomic E-state index is -0.799. The number of hydrogen-bond donors (Lipinski definition) is 1. The summed E-state index contributed by atoms with van der Waals surface area (Å²) in [5.41, 5.74) is 1.57. The van der Waals surface area contributed by atoms with Crippen molar-refractivity contribution in [2.24, 2.45) is 7.05 Å². The number of carbonyl (C=O) groups excluding carboxylic acids is 1. The first-order chi connectivity index (χ1) is 10.1. The van der Waals surface area contributed by atoms with E-state index in [2.05, 4.69) is 5.10 Å². The van der Waals surface area contributed by atoms with Crippen molar-refractivity contribution in [2.45, 2.75) is 12.7 Å². The van der Waals surface area contributed by atoms with E-state index in [0.29, 0.717) is 5.69 Å². The number of ether oxygens (including phenoxy) is 1. The van der Waals surface area contributed by atoms with E-state index >= 15 is 0 Å². The van der Waals surface area contributed by atoms with E-state index in [-0.39, 0.29) is 13.2 Å². The van der Waals surface area contributed by atoms with Crippen LogP contribution in [0.2, 0.25) is 0 Å². The molecule has 1 atom stereocenters. The van der Waals surface area contributed by atoms with Crippen LogP contribution in [0.25, 0.3) is 0 Å². The predicted molar refractivity (Wildman–Crippen MR) is 77.4 cm³/mol. The van der Waals surface area contributed by atoms with Crippen LogP contribution in [0.4, 0.5) is 4.79 Å². The fourth-order valence-electron chi connectivity index (χ4n) is 1.97. The first-order valence-electron chi connectivity index (χ1n) is 6.65. The molecular formula is C15H19N3O3. The molecule has 1 amide bonds. The first kappa shape index (κ1) is 15.1. The average Bonchev–Trinajstić information content (AvgIpc) is 2.92. The van der Waals surface area contributed by atoms with Gasteiger partial charge in [-0.25, -0.2) is 4.79 Å². The molecule has 1 unspecified atom stereocenters. The summed E-state index contributed by atoms with van der Waals surface area (Å²) in [6, 6.07) is 11.2. The Morgan fingerprint density at radius 1 is 1.38 bits per heavy atom. The minimum absolute atomic E-state index is 0.146. The number of nitrogens with zero attached hydrogens (tertiary/aromatic N) is 3. The molecule has 2 rings (SSSR count). The molecule has 0 bridgehead atoms. The standard InChI is InChI=1S/C15H19N3O3/c1-17(10-14(19)13-8-9-16-18(13)2)15(20)21-11-12-6-4-3-5-7-12/h3-9,14,19H,10-11H2,1-2H3. The topological polar surface area (TPSA) is 67.6 Å². The number of aliphatic hydroxyl groups excluding tert-OH is 1. The molecule has 1 aromatic carbocycles. The second-order valence-corrected chi connectivity index (χ2v) is 4.82. The van der Waals surface area contributed by atoms with Crippen molar-refractivity contribution in [1.29, 1.82) is 0 Å². The molecule has 0 aliphatic carbocycles. The Balaban J connectivity index is 1.84. The van der Waals surface area contributed by atoms with Crippen LogP contribution in [0.5, 0.6) is 0 Å². The predicted octanol–water partition coefficient (Wildman–Crippen LogP) is 1.72. The highest BCUT2D eigenvalue weighted by Gasteiger charge is 2.18. The third-order valence-corrected chi connectivity index (χ3v) is 3.16. The molecule has 1 N–H and O–H groups in total. The number of carbonyl (C=O) groups is 1. The lowest BCUT2D eigenvalue weighted by Gasteiger charge is -2.20. The zero-order valence-corrected chi connectivity index (χ0v) is 12.1. The summed E-state index contributed by atoms with van der Waals surface area (Å²) >= 11 is 0. The molecule has 1 heterocycles. The van der Waals surface area contributed by atoms with Gasteiger partial charge in [-0.3, -0.25) is 4.68 Å². The van der Waals surface area contributed by atoms with Gasteiger partial charge >= 0.3 is 6.09 Å². The highest BCUT2D eigenvalue weighted by molar-refractivity contribution is 5.67. The summed E-state index contributed by atoms with van der Waals surface area (Å²) < 4.78 is 6.77. The van der Waals surface area contributed by atoms with Crippen molar-refractivity contribution in [3.63, 3.8) is 0 Å². The normalized spacial score (nSPS) is 12.0. The lowest BCUT2D eigenvalue weighted by Crippen LogP contribution is -2.32. The summed E-state index contributed by atoms with van der Waals surface area (Å²) in [6.07, 6.45) is 0.332. The second kappa shape index (κ2) is 6.90. The first-order valence-corrected chi connectivity index (χ1v) is 6.65. The summed E-state index contributed by atoms with van der Waals surface area (Å²) in [5.74, 6) is 0. The zero-order valence-electron chi connectivity index (χ0n) is 12.1. The lowest BCUT2D eigenvalue weighted by molar-refractivity contribution is 0.0763. The van der Waals surface area contributed by atoms with E-state index in [9.17, 15) is 9.90 Å². The van der Waals surface area contributed by atoms with Crippen LogP contribution in [-0.2, 0) is 18.4 Å². The SMILES string of the molecule is CN(CC(O)c1ccnn1C)C(=O)OCc1ccccc1. The number of aliphatic hydroxyl groups is 1. The molecular weight excluding hydrogens is 270 g/mol. The summed E-state index contributed by atoms with van der Waals surface area (Å²) in [5, 5.41) is 14.1. The van der Waals surface area contributed by atoms with Crippen LogP contribution >= 0.6 is 0 Å². The minimum Gasteiger partial charge on any atom is -0.445 e. The maximum atomic E-state index is 11.9. The van der Waals surface area contributed by atoms with E-state index in [0.717, 1.165) is 5.56 Å². The number of likely N-dealkylation sites (N-methyl/N-ethyl adjacent to an activating group) is 1. The molecule has 1 aromatic heterocycles. The highest BCUT2D eigenvalue weighted by atomic mass is 16.6. The molecule has 6 nitrogen and oxygen atoms in total. The lowest BCUT2D eigenvalue weighted by atomic mass is 10.2. The quantitative estimate of drug-likeness (QED) is 0.910. The van der Waals surface area contributed by atoms with Crippen molar-refractivity contribution in [2.75, 3.05) is 13.6 Å². The number of rotatable bonds is 5. The molecule has 21 heavy (non-hydrogen) atoms. The van der Waals surface area contributed by atoms with Gasteiger partial charge in [0.05, 0.1) is 12.2 Å². The van der Waals surface area contributed by atoms with Crippen LogP contribution in [-0.4, -0.2) is 39.5 Å². The van der Waals surface area contributed by atoms with Gasteiger partial charge in [0, 0.05) is 20.3 Å². The number of benzene rings is 1. The van der Waals surface area contributed by atoms with Crippen molar-refractivity contribution < 1.29 is 14.6 Å². The van der Waals surface area contributed by atoms with Gasteiger partial charge in [0.15, 0.2) is 0 Å². The van der Waals surface area contributed by atoms with Crippen molar-refractivity contribution in [1.82, 2.24) is 14.7 Å². The van der Waals surface area contributed by atoms with Crippen LogP contribution < -0.4 is 0 Å². The zero-order chi connectivity index (χ0) is 15.2. The van der Waals surface area contributed by atoms with Gasteiger partial charge < -0.3 is 14.7 Å². The van der Waals surface area contributed by atoms with Gasteiger partial charge in [-0.2, -0.15) is 5.10 Å². The average molecular weight is 289 g/mol. The molecule has 0 fully saturated rings.